The van der Waals surface area contributed by atoms with Gasteiger partial charge in [-0.1, -0.05) is 164 Å². The van der Waals surface area contributed by atoms with Gasteiger partial charge in [-0.05, 0) is 105 Å². The molecule has 4 heteroatoms. The average Bonchev–Trinajstić information content (AvgIpc) is 3.60. The van der Waals surface area contributed by atoms with E-state index in [1.807, 2.05) is 0 Å². The fourth-order valence-electron chi connectivity index (χ4n) is 12.1. The second-order valence-corrected chi connectivity index (χ2v) is 19.8. The molecule has 0 radical (unpaired) electrons. The van der Waals surface area contributed by atoms with E-state index >= 15 is 0 Å². The van der Waals surface area contributed by atoms with Crippen molar-refractivity contribution in [1.82, 2.24) is 0 Å². The molecule has 5 heterocycles. The highest BCUT2D eigenvalue weighted by atomic mass is 32.3. The Kier molecular flexibility index (Phi) is 6.36. The van der Waals surface area contributed by atoms with Crippen LogP contribution in [0.1, 0.15) is 27.8 Å². The van der Waals surface area contributed by atoms with E-state index in [-0.39, 0.29) is 6.85 Å². The number of hydrogen-bond donors (Lipinski definition) is 0. The minimum absolute atomic E-state index is 0.0604. The summed E-state index contributed by atoms with van der Waals surface area (Å²) >= 11 is 0. The van der Waals surface area contributed by atoms with Crippen molar-refractivity contribution in [3.05, 3.63) is 234 Å². The van der Waals surface area contributed by atoms with Gasteiger partial charge in [-0.2, -0.15) is 0 Å². The first-order valence-corrected chi connectivity index (χ1v) is 22.7. The molecule has 9 aromatic rings. The minimum Gasteiger partial charge on any atom is -0.375 e. The average molecular weight is 781 g/mol. The van der Waals surface area contributed by atoms with Crippen LogP contribution in [-0.4, -0.2) is 6.85 Å². The summed E-state index contributed by atoms with van der Waals surface area (Å²) in [6, 6.07) is 78.9. The molecule has 0 N–H and O–H groups in total. The number of nitrogens with zero attached hydrogens (tertiary/aromatic N) is 2. The summed E-state index contributed by atoms with van der Waals surface area (Å²) in [7, 11) is -1.84. The lowest BCUT2D eigenvalue weighted by atomic mass is 9.42. The van der Waals surface area contributed by atoms with Crippen LogP contribution in [0.25, 0.3) is 22.3 Å². The summed E-state index contributed by atoms with van der Waals surface area (Å²) in [5.74, 6) is 0. The SMILES string of the molecule is Cc1cc2c3c(c1)N1c4ccccc4C(c4ccccc4)(c4ccccc4)c4cccc(c41)B3N1c3ccccc3S3(c4ccccc4-c4ccccc43)c3cccc-2c31. The molecule has 0 amide bonds. The zero-order valence-electron chi connectivity index (χ0n) is 33.0. The maximum absolute atomic E-state index is 2.77. The third-order valence-corrected chi connectivity index (χ3v) is 18.1. The first-order valence-electron chi connectivity index (χ1n) is 21.0. The summed E-state index contributed by atoms with van der Waals surface area (Å²) in [6.45, 7) is 2.23. The Hall–Kier alpha value is -7.01. The van der Waals surface area contributed by atoms with Gasteiger partial charge in [0.25, 0.3) is 0 Å². The molecule has 0 aromatic heterocycles. The molecule has 1 spiro atoms. The quantitative estimate of drug-likeness (QED) is 0.161. The lowest BCUT2D eigenvalue weighted by Gasteiger charge is -2.55. The van der Waals surface area contributed by atoms with Gasteiger partial charge in [0.05, 0.1) is 16.8 Å². The van der Waals surface area contributed by atoms with Gasteiger partial charge in [0.15, 0.2) is 0 Å². The molecule has 14 rings (SSSR count). The fourth-order valence-corrected chi connectivity index (χ4v) is 16.6. The molecule has 0 saturated heterocycles. The van der Waals surface area contributed by atoms with Gasteiger partial charge in [-0.25, -0.2) is 0 Å². The van der Waals surface area contributed by atoms with E-state index in [4.69, 9.17) is 0 Å². The van der Waals surface area contributed by atoms with E-state index in [9.17, 15) is 0 Å². The number of rotatable bonds is 2. The predicted molar refractivity (Wildman–Crippen MR) is 249 cm³/mol. The highest BCUT2D eigenvalue weighted by Crippen LogP contribution is 2.84. The second-order valence-electron chi connectivity index (χ2n) is 16.8. The molecular weight excluding hydrogens is 744 g/mol. The van der Waals surface area contributed by atoms with Crippen LogP contribution in [0.2, 0.25) is 0 Å². The van der Waals surface area contributed by atoms with Crippen LogP contribution in [0.3, 0.4) is 0 Å². The highest BCUT2D eigenvalue weighted by Gasteiger charge is 2.56. The van der Waals surface area contributed by atoms with Crippen LogP contribution in [0.5, 0.6) is 0 Å². The van der Waals surface area contributed by atoms with Crippen LogP contribution in [-0.2, 0) is 5.41 Å². The van der Waals surface area contributed by atoms with Gasteiger partial charge in [0.1, 0.15) is 0 Å². The van der Waals surface area contributed by atoms with Crippen molar-refractivity contribution in [2.75, 3.05) is 9.71 Å². The van der Waals surface area contributed by atoms with E-state index in [0.29, 0.717) is 0 Å². The molecule has 0 saturated carbocycles. The van der Waals surface area contributed by atoms with Gasteiger partial charge in [0.2, 0.25) is 0 Å². The molecule has 0 unspecified atom stereocenters. The molecule has 5 aliphatic heterocycles. The van der Waals surface area contributed by atoms with Crippen molar-refractivity contribution < 1.29 is 0 Å². The third kappa shape index (κ3) is 3.72. The van der Waals surface area contributed by atoms with Crippen molar-refractivity contribution in [2.24, 2.45) is 0 Å². The molecule has 9 aromatic carbocycles. The van der Waals surface area contributed by atoms with Crippen molar-refractivity contribution in [3.8, 4) is 22.3 Å². The zero-order chi connectivity index (χ0) is 39.3. The summed E-state index contributed by atoms with van der Waals surface area (Å²) < 4.78 is 0. The molecule has 0 aliphatic carbocycles. The van der Waals surface area contributed by atoms with Gasteiger partial charge in [-0.15, -0.1) is 10.0 Å². The second kappa shape index (κ2) is 11.6. The molecule has 280 valence electrons. The van der Waals surface area contributed by atoms with E-state index in [0.717, 1.165) is 0 Å². The van der Waals surface area contributed by atoms with Crippen LogP contribution < -0.4 is 20.6 Å². The smallest absolute Gasteiger partial charge is 0.333 e. The normalized spacial score (nSPS) is 16.1. The number of fused-ring (bicyclic) bond motifs is 15. The van der Waals surface area contributed by atoms with Gasteiger partial charge < -0.3 is 9.71 Å². The van der Waals surface area contributed by atoms with E-state index < -0.39 is 15.4 Å². The van der Waals surface area contributed by atoms with E-state index in [2.05, 4.69) is 223 Å². The Balaban J connectivity index is 1.15. The predicted octanol–water partition coefficient (Wildman–Crippen LogP) is 13.0. The molecule has 60 heavy (non-hydrogen) atoms. The lowest BCUT2D eigenvalue weighted by Crippen LogP contribution is -2.63. The largest absolute Gasteiger partial charge is 0.375 e. The number of aryl methyl sites for hydroxylation is 1. The Morgan fingerprint density at radius 2 is 0.967 bits per heavy atom. The molecule has 0 atom stereocenters. The van der Waals surface area contributed by atoms with Crippen LogP contribution >= 0.6 is 10.0 Å². The Labute approximate surface area is 352 Å². The minimum atomic E-state index is -1.84. The molecule has 0 fully saturated rings. The number of hydrogen-bond acceptors (Lipinski definition) is 2. The van der Waals surface area contributed by atoms with Crippen molar-refractivity contribution in [3.63, 3.8) is 0 Å². The third-order valence-electron chi connectivity index (χ3n) is 14.1. The van der Waals surface area contributed by atoms with E-state index in [1.54, 1.807) is 0 Å². The highest BCUT2D eigenvalue weighted by molar-refractivity contribution is 8.34. The maximum atomic E-state index is 2.77. The lowest BCUT2D eigenvalue weighted by molar-refractivity contribution is 0.732. The number of anilines is 5. The van der Waals surface area contributed by atoms with E-state index in [1.165, 1.54) is 109 Å². The molecule has 2 nitrogen and oxygen atoms in total. The first kappa shape index (κ1) is 32.9. The molecular formula is C56H37BN2S. The Bertz CT molecular complexity index is 3240. The maximum Gasteiger partial charge on any atom is 0.333 e. The zero-order valence-corrected chi connectivity index (χ0v) is 33.8. The topological polar surface area (TPSA) is 6.48 Å². The molecule has 0 bridgehead atoms. The van der Waals surface area contributed by atoms with Crippen LogP contribution in [0, 0.1) is 6.92 Å². The van der Waals surface area contributed by atoms with Crippen molar-refractivity contribution in [2.45, 2.75) is 31.9 Å². The van der Waals surface area contributed by atoms with Crippen LogP contribution in [0.4, 0.5) is 28.4 Å². The van der Waals surface area contributed by atoms with Gasteiger partial charge in [-0.3, -0.25) is 0 Å². The summed E-state index contributed by atoms with van der Waals surface area (Å²) in [4.78, 5) is 11.1. The summed E-state index contributed by atoms with van der Waals surface area (Å²) in [5, 5.41) is 0. The summed E-state index contributed by atoms with van der Waals surface area (Å²) in [6.07, 6.45) is 0. The fraction of sp³-hybridized carbons (Fsp3) is 0.0357. The summed E-state index contributed by atoms with van der Waals surface area (Å²) in [5.41, 5.74) is 20.4. The van der Waals surface area contributed by atoms with Gasteiger partial charge >= 0.3 is 6.85 Å². The van der Waals surface area contributed by atoms with Crippen molar-refractivity contribution in [1.29, 1.82) is 0 Å². The van der Waals surface area contributed by atoms with Gasteiger partial charge in [0, 0.05) is 42.2 Å². The monoisotopic (exact) mass is 780 g/mol. The number of benzene rings is 9. The number of para-hydroxylation sites is 4. The Morgan fingerprint density at radius 1 is 0.417 bits per heavy atom. The van der Waals surface area contributed by atoms with Crippen molar-refractivity contribution >= 4 is 56.2 Å². The standard InChI is InChI=1S/C56H37BN2S/c1-36-34-42-41-24-16-33-52-54(41)59(47-29-12-15-32-51(47)60(52)49-30-13-8-22-39(49)40-23-9-14-31-50(40)60)57-45-27-17-26-44-55(45)58(48(35-36)53(42)57)46-28-11-10-25-43(46)56(44,37-18-4-2-5-19-37)38-20-6-3-7-21-38/h2-35H,1H3. The Morgan fingerprint density at radius 3 is 1.68 bits per heavy atom. The molecule has 5 aliphatic rings. The first-order chi connectivity index (χ1) is 29.7. The van der Waals surface area contributed by atoms with Crippen LogP contribution in [0.15, 0.2) is 226 Å².